The van der Waals surface area contributed by atoms with Gasteiger partial charge in [-0.15, -0.1) is 0 Å². The standard InChI is InChI=1S/C12H21N5/c1-8(2)5-6-14-11(13)17-12-15-9(3)7-10(4)16-12/h7-8H,5-6H2,1-4H3,(H3,13,14,15,16,17). The van der Waals surface area contributed by atoms with Gasteiger partial charge in [0.15, 0.2) is 5.96 Å². The summed E-state index contributed by atoms with van der Waals surface area (Å²) >= 11 is 0. The zero-order valence-corrected chi connectivity index (χ0v) is 11.0. The third kappa shape index (κ3) is 5.29. The van der Waals surface area contributed by atoms with Crippen molar-refractivity contribution in [3.05, 3.63) is 17.5 Å². The number of aliphatic imine (C=N–C) groups is 1. The van der Waals surface area contributed by atoms with Gasteiger partial charge in [-0.2, -0.15) is 0 Å². The number of aromatic nitrogens is 2. The van der Waals surface area contributed by atoms with E-state index in [-0.39, 0.29) is 0 Å². The van der Waals surface area contributed by atoms with Gasteiger partial charge in [0, 0.05) is 17.9 Å². The van der Waals surface area contributed by atoms with Crippen LogP contribution in [0.5, 0.6) is 0 Å². The third-order valence-corrected chi connectivity index (χ3v) is 2.21. The Bertz CT molecular complexity index is 378. The van der Waals surface area contributed by atoms with E-state index in [2.05, 4.69) is 34.1 Å². The van der Waals surface area contributed by atoms with Gasteiger partial charge in [-0.1, -0.05) is 13.8 Å². The quantitative estimate of drug-likeness (QED) is 0.617. The fraction of sp³-hybridized carbons (Fsp3) is 0.583. The summed E-state index contributed by atoms with van der Waals surface area (Å²) in [6, 6.07) is 1.91. The Labute approximate surface area is 103 Å². The van der Waals surface area contributed by atoms with E-state index in [0.717, 1.165) is 24.4 Å². The molecule has 5 nitrogen and oxygen atoms in total. The normalized spacial score (nSPS) is 11.9. The van der Waals surface area contributed by atoms with E-state index < -0.39 is 0 Å². The largest absolute Gasteiger partial charge is 0.370 e. The van der Waals surface area contributed by atoms with Gasteiger partial charge in [-0.25, -0.2) is 9.97 Å². The van der Waals surface area contributed by atoms with Gasteiger partial charge in [-0.3, -0.25) is 10.3 Å². The van der Waals surface area contributed by atoms with Gasteiger partial charge in [-0.05, 0) is 32.3 Å². The van der Waals surface area contributed by atoms with Crippen molar-refractivity contribution in [2.24, 2.45) is 16.6 Å². The zero-order valence-electron chi connectivity index (χ0n) is 11.0. The number of anilines is 1. The first-order chi connectivity index (χ1) is 7.97. The molecule has 1 aromatic rings. The number of guanidine groups is 1. The third-order valence-electron chi connectivity index (χ3n) is 2.21. The number of hydrogen-bond donors (Lipinski definition) is 2. The van der Waals surface area contributed by atoms with Crippen molar-refractivity contribution in [1.29, 1.82) is 0 Å². The highest BCUT2D eigenvalue weighted by atomic mass is 15.2. The van der Waals surface area contributed by atoms with Crippen LogP contribution in [0, 0.1) is 19.8 Å². The molecule has 0 saturated carbocycles. The maximum Gasteiger partial charge on any atom is 0.229 e. The molecule has 0 amide bonds. The molecule has 3 N–H and O–H groups in total. The van der Waals surface area contributed by atoms with Crippen molar-refractivity contribution in [3.63, 3.8) is 0 Å². The average Bonchev–Trinajstić information content (AvgIpc) is 2.14. The molecule has 0 unspecified atom stereocenters. The van der Waals surface area contributed by atoms with Crippen LogP contribution in [0.15, 0.2) is 11.1 Å². The second-order valence-electron chi connectivity index (χ2n) is 4.55. The second-order valence-corrected chi connectivity index (χ2v) is 4.55. The minimum Gasteiger partial charge on any atom is -0.370 e. The van der Waals surface area contributed by atoms with Gasteiger partial charge in [0.2, 0.25) is 5.95 Å². The molecule has 0 aromatic carbocycles. The molecule has 0 aliphatic carbocycles. The Morgan fingerprint density at radius 3 is 2.47 bits per heavy atom. The van der Waals surface area contributed by atoms with Gasteiger partial charge in [0.25, 0.3) is 0 Å². The summed E-state index contributed by atoms with van der Waals surface area (Å²) in [7, 11) is 0. The number of nitrogens with two attached hydrogens (primary N) is 1. The number of rotatable bonds is 4. The molecule has 0 bridgehead atoms. The summed E-state index contributed by atoms with van der Waals surface area (Å²) in [5.41, 5.74) is 7.58. The van der Waals surface area contributed by atoms with E-state index in [4.69, 9.17) is 5.73 Å². The number of nitrogens with zero attached hydrogens (tertiary/aromatic N) is 3. The van der Waals surface area contributed by atoms with Crippen molar-refractivity contribution < 1.29 is 0 Å². The predicted octanol–water partition coefficient (Wildman–Crippen LogP) is 1.87. The van der Waals surface area contributed by atoms with Crippen molar-refractivity contribution in [2.45, 2.75) is 34.1 Å². The van der Waals surface area contributed by atoms with Gasteiger partial charge in [0.1, 0.15) is 0 Å². The molecule has 94 valence electrons. The van der Waals surface area contributed by atoms with Gasteiger partial charge in [0.05, 0.1) is 0 Å². The highest BCUT2D eigenvalue weighted by Gasteiger charge is 2.00. The van der Waals surface area contributed by atoms with Crippen LogP contribution in [0.2, 0.25) is 0 Å². The molecule has 0 aliphatic heterocycles. The summed E-state index contributed by atoms with van der Waals surface area (Å²) in [4.78, 5) is 12.7. The lowest BCUT2D eigenvalue weighted by molar-refractivity contribution is 0.597. The molecule has 1 heterocycles. The highest BCUT2D eigenvalue weighted by molar-refractivity contribution is 5.90. The van der Waals surface area contributed by atoms with E-state index >= 15 is 0 Å². The minimum atomic E-state index is 0.371. The van der Waals surface area contributed by atoms with Gasteiger partial charge < -0.3 is 5.73 Å². The lowest BCUT2D eigenvalue weighted by Crippen LogP contribution is -2.24. The van der Waals surface area contributed by atoms with Crippen LogP contribution in [0.3, 0.4) is 0 Å². The molecule has 1 aromatic heterocycles. The van der Waals surface area contributed by atoms with Crippen LogP contribution < -0.4 is 11.1 Å². The topological polar surface area (TPSA) is 76.2 Å². The summed E-state index contributed by atoms with van der Waals surface area (Å²) in [6.07, 6.45) is 1.02. The zero-order chi connectivity index (χ0) is 12.8. The number of hydrogen-bond acceptors (Lipinski definition) is 3. The van der Waals surface area contributed by atoms with Crippen LogP contribution in [0.4, 0.5) is 5.95 Å². The van der Waals surface area contributed by atoms with Crippen molar-refractivity contribution in [3.8, 4) is 0 Å². The average molecular weight is 235 g/mol. The summed E-state index contributed by atoms with van der Waals surface area (Å²) in [6.45, 7) is 8.89. The number of nitrogens with one attached hydrogen (secondary N) is 1. The fourth-order valence-corrected chi connectivity index (χ4v) is 1.38. The monoisotopic (exact) mass is 235 g/mol. The fourth-order valence-electron chi connectivity index (χ4n) is 1.38. The Morgan fingerprint density at radius 2 is 1.94 bits per heavy atom. The minimum absolute atomic E-state index is 0.371. The number of aryl methyl sites for hydroxylation is 2. The van der Waals surface area contributed by atoms with Crippen LogP contribution in [0.1, 0.15) is 31.7 Å². The molecular weight excluding hydrogens is 214 g/mol. The molecule has 0 aliphatic rings. The Balaban J connectivity index is 2.58. The van der Waals surface area contributed by atoms with E-state index in [1.54, 1.807) is 0 Å². The van der Waals surface area contributed by atoms with Crippen LogP contribution in [-0.2, 0) is 0 Å². The summed E-state index contributed by atoms with van der Waals surface area (Å²) in [5, 5.41) is 2.90. The molecule has 0 fully saturated rings. The van der Waals surface area contributed by atoms with Gasteiger partial charge >= 0.3 is 0 Å². The molecule has 0 atom stereocenters. The maximum absolute atomic E-state index is 5.75. The molecule has 0 radical (unpaired) electrons. The molecule has 0 saturated heterocycles. The van der Waals surface area contributed by atoms with E-state index in [9.17, 15) is 0 Å². The lowest BCUT2D eigenvalue weighted by Gasteiger charge is -2.06. The van der Waals surface area contributed by atoms with Crippen molar-refractivity contribution in [1.82, 2.24) is 9.97 Å². The smallest absolute Gasteiger partial charge is 0.229 e. The van der Waals surface area contributed by atoms with Crippen molar-refractivity contribution in [2.75, 3.05) is 11.9 Å². The predicted molar refractivity (Wildman–Crippen MR) is 71.1 cm³/mol. The van der Waals surface area contributed by atoms with E-state index in [1.165, 1.54) is 0 Å². The highest BCUT2D eigenvalue weighted by Crippen LogP contribution is 2.03. The molecule has 5 heteroatoms. The van der Waals surface area contributed by atoms with Crippen LogP contribution >= 0.6 is 0 Å². The summed E-state index contributed by atoms with van der Waals surface area (Å²) in [5.74, 6) is 1.51. The SMILES string of the molecule is Cc1cc(C)nc(N/C(N)=N/CCC(C)C)n1. The Morgan fingerprint density at radius 1 is 1.35 bits per heavy atom. The molecule has 0 spiro atoms. The van der Waals surface area contributed by atoms with E-state index in [0.29, 0.717) is 17.8 Å². The summed E-state index contributed by atoms with van der Waals surface area (Å²) < 4.78 is 0. The molecular formula is C12H21N5. The first kappa shape index (κ1) is 13.4. The lowest BCUT2D eigenvalue weighted by atomic mass is 10.1. The first-order valence-corrected chi connectivity index (χ1v) is 5.86. The molecule has 1 rings (SSSR count). The Kier molecular flexibility index (Phi) is 4.87. The van der Waals surface area contributed by atoms with Crippen LogP contribution in [-0.4, -0.2) is 22.5 Å². The van der Waals surface area contributed by atoms with Crippen LogP contribution in [0.25, 0.3) is 0 Å². The van der Waals surface area contributed by atoms with Crippen molar-refractivity contribution >= 4 is 11.9 Å². The Hall–Kier alpha value is -1.65. The second kappa shape index (κ2) is 6.18. The molecule has 17 heavy (non-hydrogen) atoms. The first-order valence-electron chi connectivity index (χ1n) is 5.86. The van der Waals surface area contributed by atoms with E-state index in [1.807, 2.05) is 19.9 Å². The maximum atomic E-state index is 5.75.